The number of carboxylic acid groups (broad SMARTS) is 1. The van der Waals surface area contributed by atoms with Crippen molar-refractivity contribution >= 4 is 33.2 Å². The SMILES string of the molecule is Cc1nc(-c2ccc(Br)s2)nc(C)c1CC(C)C(=O)O. The molecule has 0 saturated heterocycles. The normalized spacial score (nSPS) is 12.4. The molecule has 1 unspecified atom stereocenters. The fraction of sp³-hybridized carbons (Fsp3) is 0.357. The van der Waals surface area contributed by atoms with Crippen LogP contribution in [-0.2, 0) is 11.2 Å². The number of rotatable bonds is 4. The third-order valence-electron chi connectivity index (χ3n) is 3.15. The quantitative estimate of drug-likeness (QED) is 0.905. The maximum atomic E-state index is 11.0. The van der Waals surface area contributed by atoms with Crippen LogP contribution >= 0.6 is 27.3 Å². The van der Waals surface area contributed by atoms with Gasteiger partial charge in [0.25, 0.3) is 0 Å². The van der Waals surface area contributed by atoms with Crippen LogP contribution in [0.25, 0.3) is 10.7 Å². The smallest absolute Gasteiger partial charge is 0.306 e. The highest BCUT2D eigenvalue weighted by molar-refractivity contribution is 9.11. The number of hydrogen-bond donors (Lipinski definition) is 1. The molecule has 6 heteroatoms. The fourth-order valence-corrected chi connectivity index (χ4v) is 3.29. The molecule has 0 radical (unpaired) electrons. The summed E-state index contributed by atoms with van der Waals surface area (Å²) in [6.45, 7) is 5.51. The summed E-state index contributed by atoms with van der Waals surface area (Å²) in [5.74, 6) is -0.532. The topological polar surface area (TPSA) is 63.1 Å². The predicted octanol–water partition coefficient (Wildman–Crippen LogP) is 3.85. The van der Waals surface area contributed by atoms with Gasteiger partial charge in [-0.25, -0.2) is 9.97 Å². The molecule has 0 fully saturated rings. The number of carbonyl (C=O) groups is 1. The molecule has 4 nitrogen and oxygen atoms in total. The Bertz CT molecular complexity index is 631. The van der Waals surface area contributed by atoms with Crippen LogP contribution in [0.5, 0.6) is 0 Å². The van der Waals surface area contributed by atoms with E-state index < -0.39 is 11.9 Å². The molecule has 2 aromatic heterocycles. The summed E-state index contributed by atoms with van der Waals surface area (Å²) in [5, 5.41) is 9.02. The first-order chi connectivity index (χ1) is 9.38. The van der Waals surface area contributed by atoms with Gasteiger partial charge in [-0.1, -0.05) is 6.92 Å². The summed E-state index contributed by atoms with van der Waals surface area (Å²) in [6, 6.07) is 3.94. The molecular weight excluding hydrogens is 340 g/mol. The Morgan fingerprint density at radius 1 is 1.35 bits per heavy atom. The second-order valence-electron chi connectivity index (χ2n) is 4.74. The van der Waals surface area contributed by atoms with E-state index in [0.29, 0.717) is 12.2 Å². The van der Waals surface area contributed by atoms with Gasteiger partial charge in [0, 0.05) is 11.4 Å². The number of aliphatic carboxylic acids is 1. The van der Waals surface area contributed by atoms with Gasteiger partial charge in [0.05, 0.1) is 14.6 Å². The van der Waals surface area contributed by atoms with Gasteiger partial charge in [-0.15, -0.1) is 11.3 Å². The first kappa shape index (κ1) is 15.1. The first-order valence-corrected chi connectivity index (χ1v) is 7.82. The molecular formula is C14H15BrN2O2S. The van der Waals surface area contributed by atoms with Crippen molar-refractivity contribution in [2.75, 3.05) is 0 Å². The van der Waals surface area contributed by atoms with Crippen LogP contribution in [0.15, 0.2) is 15.9 Å². The average molecular weight is 355 g/mol. The van der Waals surface area contributed by atoms with Crippen molar-refractivity contribution in [2.24, 2.45) is 5.92 Å². The Hall–Kier alpha value is -1.27. The maximum Gasteiger partial charge on any atom is 0.306 e. The Kier molecular flexibility index (Phi) is 4.55. The maximum absolute atomic E-state index is 11.0. The van der Waals surface area contributed by atoms with Crippen LogP contribution in [0.4, 0.5) is 0 Å². The van der Waals surface area contributed by atoms with E-state index in [0.717, 1.165) is 25.6 Å². The summed E-state index contributed by atoms with van der Waals surface area (Å²) in [4.78, 5) is 21.0. The van der Waals surface area contributed by atoms with Crippen molar-refractivity contribution in [2.45, 2.75) is 27.2 Å². The van der Waals surface area contributed by atoms with E-state index in [2.05, 4.69) is 25.9 Å². The lowest BCUT2D eigenvalue weighted by Crippen LogP contribution is -2.15. The van der Waals surface area contributed by atoms with Crippen LogP contribution < -0.4 is 0 Å². The lowest BCUT2D eigenvalue weighted by molar-refractivity contribution is -0.141. The second-order valence-corrected chi connectivity index (χ2v) is 7.21. The Balaban J connectivity index is 2.36. The third-order valence-corrected chi connectivity index (χ3v) is 4.77. The minimum Gasteiger partial charge on any atom is -0.481 e. The molecule has 0 aromatic carbocycles. The summed E-state index contributed by atoms with van der Waals surface area (Å²) in [7, 11) is 0. The van der Waals surface area contributed by atoms with Crippen LogP contribution in [0.3, 0.4) is 0 Å². The number of nitrogens with zero attached hydrogens (tertiary/aromatic N) is 2. The molecule has 2 heterocycles. The van der Waals surface area contributed by atoms with Crippen LogP contribution in [0.1, 0.15) is 23.9 Å². The Morgan fingerprint density at radius 3 is 2.40 bits per heavy atom. The molecule has 1 atom stereocenters. The lowest BCUT2D eigenvalue weighted by Gasteiger charge is -2.12. The van der Waals surface area contributed by atoms with Crippen molar-refractivity contribution in [3.8, 4) is 10.7 Å². The molecule has 1 N–H and O–H groups in total. The molecule has 0 saturated carbocycles. The van der Waals surface area contributed by atoms with Crippen molar-refractivity contribution < 1.29 is 9.90 Å². The molecule has 0 amide bonds. The summed E-state index contributed by atoms with van der Waals surface area (Å²) in [6.07, 6.45) is 0.460. The van der Waals surface area contributed by atoms with Crippen molar-refractivity contribution in [3.05, 3.63) is 32.9 Å². The van der Waals surface area contributed by atoms with Crippen molar-refractivity contribution in [3.63, 3.8) is 0 Å². The number of aryl methyl sites for hydroxylation is 2. The van der Waals surface area contributed by atoms with Gasteiger partial charge >= 0.3 is 5.97 Å². The van der Waals surface area contributed by atoms with Crippen LogP contribution in [0.2, 0.25) is 0 Å². The molecule has 0 spiro atoms. The molecule has 2 rings (SSSR count). The van der Waals surface area contributed by atoms with Gasteiger partial charge in [0.15, 0.2) is 5.82 Å². The average Bonchev–Trinajstić information content (AvgIpc) is 2.79. The molecule has 0 bridgehead atoms. The van der Waals surface area contributed by atoms with Gasteiger partial charge in [0.1, 0.15) is 0 Å². The van der Waals surface area contributed by atoms with Crippen LogP contribution in [0, 0.1) is 19.8 Å². The Labute approximate surface area is 130 Å². The zero-order chi connectivity index (χ0) is 14.9. The standard InChI is InChI=1S/C14H15BrN2O2S/c1-7(14(18)19)6-10-8(2)16-13(17-9(10)3)11-4-5-12(15)20-11/h4-5,7H,6H2,1-3H3,(H,18,19). The van der Waals surface area contributed by atoms with Gasteiger partial charge in [-0.05, 0) is 53.9 Å². The largest absolute Gasteiger partial charge is 0.481 e. The van der Waals surface area contributed by atoms with Crippen molar-refractivity contribution in [1.82, 2.24) is 9.97 Å². The van der Waals surface area contributed by atoms with Gasteiger partial charge < -0.3 is 5.11 Å². The minimum atomic E-state index is -0.796. The summed E-state index contributed by atoms with van der Waals surface area (Å²) >= 11 is 5.01. The molecule has 2 aromatic rings. The minimum absolute atomic E-state index is 0.433. The first-order valence-electron chi connectivity index (χ1n) is 6.21. The lowest BCUT2D eigenvalue weighted by atomic mass is 9.99. The molecule has 0 aliphatic heterocycles. The van der Waals surface area contributed by atoms with Gasteiger partial charge in [-0.2, -0.15) is 0 Å². The van der Waals surface area contributed by atoms with Gasteiger partial charge in [0.2, 0.25) is 0 Å². The van der Waals surface area contributed by atoms with E-state index in [9.17, 15) is 4.79 Å². The van der Waals surface area contributed by atoms with E-state index in [1.807, 2.05) is 26.0 Å². The van der Waals surface area contributed by atoms with Crippen LogP contribution in [-0.4, -0.2) is 21.0 Å². The highest BCUT2D eigenvalue weighted by atomic mass is 79.9. The monoisotopic (exact) mass is 354 g/mol. The number of halogens is 1. The highest BCUT2D eigenvalue weighted by Gasteiger charge is 2.17. The third kappa shape index (κ3) is 3.24. The summed E-state index contributed by atoms with van der Waals surface area (Å²) < 4.78 is 1.04. The number of aromatic nitrogens is 2. The molecule has 20 heavy (non-hydrogen) atoms. The number of thiophene rings is 1. The Morgan fingerprint density at radius 2 is 1.95 bits per heavy atom. The fourth-order valence-electron chi connectivity index (χ4n) is 1.97. The van der Waals surface area contributed by atoms with E-state index in [1.54, 1.807) is 18.3 Å². The second kappa shape index (κ2) is 6.01. The molecule has 0 aliphatic rings. The zero-order valence-electron chi connectivity index (χ0n) is 11.5. The van der Waals surface area contributed by atoms with Gasteiger partial charge in [-0.3, -0.25) is 4.79 Å². The molecule has 0 aliphatic carbocycles. The predicted molar refractivity (Wildman–Crippen MR) is 83.0 cm³/mol. The number of hydrogen-bond acceptors (Lipinski definition) is 4. The molecule has 106 valence electrons. The van der Waals surface area contributed by atoms with E-state index in [1.165, 1.54) is 0 Å². The number of carboxylic acids is 1. The zero-order valence-corrected chi connectivity index (χ0v) is 13.9. The summed E-state index contributed by atoms with van der Waals surface area (Å²) in [5.41, 5.74) is 2.63. The van der Waals surface area contributed by atoms with E-state index in [4.69, 9.17) is 5.11 Å². The van der Waals surface area contributed by atoms with Crippen molar-refractivity contribution in [1.29, 1.82) is 0 Å². The van der Waals surface area contributed by atoms with E-state index in [-0.39, 0.29) is 0 Å². The van der Waals surface area contributed by atoms with E-state index >= 15 is 0 Å². The highest BCUT2D eigenvalue weighted by Crippen LogP contribution is 2.30.